The first kappa shape index (κ1) is 23.2. The Morgan fingerprint density at radius 3 is 2.24 bits per heavy atom. The van der Waals surface area contributed by atoms with Gasteiger partial charge in [0.05, 0.1) is 7.11 Å². The number of methoxy groups -OCH3 is 1. The molecule has 0 atom stereocenters. The summed E-state index contributed by atoms with van der Waals surface area (Å²) >= 11 is 11.9. The van der Waals surface area contributed by atoms with E-state index in [-0.39, 0.29) is 5.69 Å². The van der Waals surface area contributed by atoms with Gasteiger partial charge in [0.25, 0.3) is 5.91 Å². The summed E-state index contributed by atoms with van der Waals surface area (Å²) in [6, 6.07) is 19.7. The molecule has 0 unspecified atom stereocenters. The molecule has 4 aromatic rings. The number of para-hydroxylation sites is 1. The van der Waals surface area contributed by atoms with Gasteiger partial charge >= 0.3 is 11.8 Å². The molecule has 0 aliphatic carbocycles. The van der Waals surface area contributed by atoms with Crippen LogP contribution in [0, 0.1) is 0 Å². The van der Waals surface area contributed by atoms with E-state index < -0.39 is 17.7 Å². The smallest absolute Gasteiger partial charge is 0.328 e. The molecule has 0 saturated heterocycles. The van der Waals surface area contributed by atoms with Crippen molar-refractivity contribution >= 4 is 63.2 Å². The Hall–Kier alpha value is -4.01. The van der Waals surface area contributed by atoms with Gasteiger partial charge < -0.3 is 15.4 Å². The number of aromatic nitrogens is 1. The molecule has 3 amide bonds. The van der Waals surface area contributed by atoms with Crippen molar-refractivity contribution in [2.45, 2.75) is 0 Å². The van der Waals surface area contributed by atoms with Crippen LogP contribution in [-0.4, -0.2) is 29.5 Å². The Balaban J connectivity index is 1.66. The molecular weight excluding hydrogens is 479 g/mol. The largest absolute Gasteiger partial charge is 0.494 e. The van der Waals surface area contributed by atoms with Crippen LogP contribution in [0.1, 0.15) is 10.5 Å². The number of benzene rings is 3. The zero-order chi connectivity index (χ0) is 24.2. The molecule has 172 valence electrons. The molecule has 0 spiro atoms. The van der Waals surface area contributed by atoms with Gasteiger partial charge in [0, 0.05) is 26.8 Å². The molecule has 0 radical (unpaired) electrons. The van der Waals surface area contributed by atoms with E-state index >= 15 is 0 Å². The summed E-state index contributed by atoms with van der Waals surface area (Å²) in [5.41, 5.74) is 3.83. The van der Waals surface area contributed by atoms with E-state index in [0.29, 0.717) is 38.1 Å². The quantitative estimate of drug-likeness (QED) is 0.341. The molecule has 8 nitrogen and oxygen atoms in total. The van der Waals surface area contributed by atoms with Gasteiger partial charge in [0.1, 0.15) is 17.0 Å². The van der Waals surface area contributed by atoms with Crippen molar-refractivity contribution in [3.63, 3.8) is 0 Å². The van der Waals surface area contributed by atoms with Crippen molar-refractivity contribution in [2.24, 2.45) is 0 Å². The molecule has 1 heterocycles. The summed E-state index contributed by atoms with van der Waals surface area (Å²) in [4.78, 5) is 38.4. The second kappa shape index (κ2) is 9.86. The molecule has 0 saturated carbocycles. The summed E-state index contributed by atoms with van der Waals surface area (Å²) in [7, 11) is 1.47. The second-order valence-electron chi connectivity index (χ2n) is 7.13. The van der Waals surface area contributed by atoms with Crippen LogP contribution < -0.4 is 20.8 Å². The number of halogens is 2. The number of carbonyl (C=O) groups excluding carboxylic acids is 3. The minimum Gasteiger partial charge on any atom is -0.494 e. The highest BCUT2D eigenvalue weighted by Crippen LogP contribution is 2.29. The van der Waals surface area contributed by atoms with Crippen molar-refractivity contribution in [3.05, 3.63) is 88.5 Å². The average Bonchev–Trinajstić information content (AvgIpc) is 3.19. The summed E-state index contributed by atoms with van der Waals surface area (Å²) in [5, 5.41) is 6.78. The van der Waals surface area contributed by atoms with Gasteiger partial charge in [0.15, 0.2) is 0 Å². The lowest BCUT2D eigenvalue weighted by molar-refractivity contribution is -0.133. The third-order valence-electron chi connectivity index (χ3n) is 4.84. The number of fused-ring (bicyclic) bond motifs is 1. The summed E-state index contributed by atoms with van der Waals surface area (Å²) in [6.45, 7) is 0. The van der Waals surface area contributed by atoms with E-state index in [2.05, 4.69) is 16.1 Å². The maximum Gasteiger partial charge on any atom is 0.328 e. The van der Waals surface area contributed by atoms with Crippen molar-refractivity contribution in [1.29, 1.82) is 0 Å². The summed E-state index contributed by atoms with van der Waals surface area (Å²) in [6.07, 6.45) is 0. The molecule has 0 aliphatic rings. The summed E-state index contributed by atoms with van der Waals surface area (Å²) in [5.74, 6) is -2.05. The first-order chi connectivity index (χ1) is 16.4. The van der Waals surface area contributed by atoms with E-state index in [1.54, 1.807) is 72.8 Å². The number of anilines is 2. The van der Waals surface area contributed by atoms with Gasteiger partial charge in [-0.05, 0) is 54.6 Å². The van der Waals surface area contributed by atoms with Crippen molar-refractivity contribution < 1.29 is 19.1 Å². The zero-order valence-corrected chi connectivity index (χ0v) is 19.3. The Morgan fingerprint density at radius 2 is 1.53 bits per heavy atom. The highest BCUT2D eigenvalue weighted by molar-refractivity contribution is 6.42. The number of carbonyl (C=O) groups is 3. The van der Waals surface area contributed by atoms with Gasteiger partial charge in [-0.3, -0.25) is 19.8 Å². The fourth-order valence-corrected chi connectivity index (χ4v) is 3.63. The number of nitrogens with zero attached hydrogens (tertiary/aromatic N) is 1. The van der Waals surface area contributed by atoms with Crippen LogP contribution in [0.2, 0.25) is 10.0 Å². The fourth-order valence-electron chi connectivity index (χ4n) is 3.31. The van der Waals surface area contributed by atoms with Crippen molar-refractivity contribution in [1.82, 2.24) is 4.68 Å². The van der Waals surface area contributed by atoms with Crippen molar-refractivity contribution in [3.8, 4) is 5.75 Å². The SMILES string of the molecule is COc1cccc2cc(C(=O)Nc3cccc(Cl)c3)n(NC(=O)C(=O)Nc3ccc(Cl)cc3)c12. The minimum atomic E-state index is -0.991. The van der Waals surface area contributed by atoms with Crippen LogP contribution in [0.15, 0.2) is 72.8 Å². The van der Waals surface area contributed by atoms with Crippen LogP contribution in [0.25, 0.3) is 10.9 Å². The Kier molecular flexibility index (Phi) is 6.72. The molecule has 10 heteroatoms. The maximum absolute atomic E-state index is 13.1. The lowest BCUT2D eigenvalue weighted by Gasteiger charge is -2.14. The molecule has 3 aromatic carbocycles. The molecule has 34 heavy (non-hydrogen) atoms. The zero-order valence-electron chi connectivity index (χ0n) is 17.8. The molecule has 0 bridgehead atoms. The van der Waals surface area contributed by atoms with Gasteiger partial charge in [-0.15, -0.1) is 0 Å². The second-order valence-corrected chi connectivity index (χ2v) is 8.00. The van der Waals surface area contributed by atoms with Crippen LogP contribution in [0.3, 0.4) is 0 Å². The van der Waals surface area contributed by atoms with E-state index in [9.17, 15) is 14.4 Å². The van der Waals surface area contributed by atoms with E-state index in [1.807, 2.05) is 0 Å². The average molecular weight is 497 g/mol. The van der Waals surface area contributed by atoms with Gasteiger partial charge in [-0.1, -0.05) is 41.4 Å². The standard InChI is InChI=1S/C24H18Cl2N4O4/c1-34-20-7-2-4-14-12-19(22(31)28-18-6-3-5-16(26)13-18)30(21(14)20)29-24(33)23(32)27-17-10-8-15(25)9-11-17/h2-13H,1H3,(H,27,32)(H,28,31)(H,29,33). The molecule has 4 rings (SSSR count). The number of nitrogens with one attached hydrogen (secondary N) is 3. The number of rotatable bonds is 5. The third kappa shape index (κ3) is 4.98. The predicted molar refractivity (Wildman–Crippen MR) is 132 cm³/mol. The number of amides is 3. The van der Waals surface area contributed by atoms with Gasteiger partial charge in [0.2, 0.25) is 0 Å². The molecule has 3 N–H and O–H groups in total. The molecule has 0 aliphatic heterocycles. The van der Waals surface area contributed by atoms with Crippen LogP contribution in [0.5, 0.6) is 5.75 Å². The lowest BCUT2D eigenvalue weighted by Crippen LogP contribution is -2.36. The monoisotopic (exact) mass is 496 g/mol. The van der Waals surface area contributed by atoms with Gasteiger partial charge in [-0.25, -0.2) is 4.68 Å². The highest BCUT2D eigenvalue weighted by atomic mass is 35.5. The van der Waals surface area contributed by atoms with Crippen LogP contribution in [-0.2, 0) is 9.59 Å². The lowest BCUT2D eigenvalue weighted by atomic mass is 10.2. The molecule has 0 fully saturated rings. The van der Waals surface area contributed by atoms with E-state index in [4.69, 9.17) is 27.9 Å². The number of hydrogen-bond donors (Lipinski definition) is 3. The van der Waals surface area contributed by atoms with Crippen LogP contribution >= 0.6 is 23.2 Å². The molecule has 1 aromatic heterocycles. The normalized spacial score (nSPS) is 10.6. The first-order valence-electron chi connectivity index (χ1n) is 9.99. The highest BCUT2D eigenvalue weighted by Gasteiger charge is 2.23. The Morgan fingerprint density at radius 1 is 0.794 bits per heavy atom. The number of hydrogen-bond acceptors (Lipinski definition) is 4. The van der Waals surface area contributed by atoms with Crippen molar-refractivity contribution in [2.75, 3.05) is 23.2 Å². The molecular formula is C24H18Cl2N4O4. The number of ether oxygens (including phenoxy) is 1. The third-order valence-corrected chi connectivity index (χ3v) is 5.33. The first-order valence-corrected chi connectivity index (χ1v) is 10.7. The Bertz CT molecular complexity index is 1400. The fraction of sp³-hybridized carbons (Fsp3) is 0.0417. The summed E-state index contributed by atoms with van der Waals surface area (Å²) < 4.78 is 6.63. The Labute approximate surface area is 204 Å². The van der Waals surface area contributed by atoms with Gasteiger partial charge in [-0.2, -0.15) is 0 Å². The maximum atomic E-state index is 13.1. The minimum absolute atomic E-state index is 0.0760. The van der Waals surface area contributed by atoms with E-state index in [0.717, 1.165) is 0 Å². The van der Waals surface area contributed by atoms with E-state index in [1.165, 1.54) is 11.8 Å². The van der Waals surface area contributed by atoms with Crippen LogP contribution in [0.4, 0.5) is 11.4 Å². The predicted octanol–water partition coefficient (Wildman–Crippen LogP) is 4.92. The topological polar surface area (TPSA) is 101 Å².